The van der Waals surface area contributed by atoms with Crippen LogP contribution in [0.5, 0.6) is 0 Å². The van der Waals surface area contributed by atoms with Gasteiger partial charge in [-0.05, 0) is 93.0 Å². The van der Waals surface area contributed by atoms with Crippen molar-refractivity contribution in [2.24, 2.45) is 0 Å². The van der Waals surface area contributed by atoms with Crippen LogP contribution in [0.3, 0.4) is 0 Å². The van der Waals surface area contributed by atoms with E-state index in [2.05, 4.69) is 205 Å². The van der Waals surface area contributed by atoms with Gasteiger partial charge in [0.15, 0.2) is 0 Å². The van der Waals surface area contributed by atoms with E-state index < -0.39 is 5.41 Å². The summed E-state index contributed by atoms with van der Waals surface area (Å²) in [4.78, 5) is 2.33. The zero-order valence-corrected chi connectivity index (χ0v) is 31.5. The van der Waals surface area contributed by atoms with Crippen molar-refractivity contribution >= 4 is 60.9 Å². The summed E-state index contributed by atoms with van der Waals surface area (Å²) in [6, 6.07) is 76.1. The lowest BCUT2D eigenvalue weighted by Gasteiger charge is -2.33. The lowest BCUT2D eigenvalue weighted by Crippen LogP contribution is -2.28. The molecule has 0 amide bonds. The van der Waals surface area contributed by atoms with E-state index in [0.717, 1.165) is 60.9 Å². The Hall–Kier alpha value is -7.62. The summed E-state index contributed by atoms with van der Waals surface area (Å²) >= 11 is 0. The summed E-state index contributed by atoms with van der Waals surface area (Å²) in [5.74, 6) is 0. The molecule has 0 bridgehead atoms. The largest absolute Gasteiger partial charge is 0.456 e. The Bertz CT molecular complexity index is 3290. The van der Waals surface area contributed by atoms with Crippen LogP contribution >= 0.6 is 0 Å². The Morgan fingerprint density at radius 2 is 0.914 bits per heavy atom. The molecule has 3 heteroatoms. The Kier molecular flexibility index (Phi) is 7.14. The minimum atomic E-state index is -0.515. The van der Waals surface area contributed by atoms with Crippen LogP contribution in [-0.4, -0.2) is 0 Å². The van der Waals surface area contributed by atoms with E-state index in [1.54, 1.807) is 0 Å². The second-order valence-electron chi connectivity index (χ2n) is 15.2. The average molecular weight is 742 g/mol. The monoisotopic (exact) mass is 741 g/mol. The molecule has 0 spiro atoms. The third-order valence-electron chi connectivity index (χ3n) is 12.2. The maximum Gasteiger partial charge on any atom is 0.137 e. The van der Waals surface area contributed by atoms with Crippen molar-refractivity contribution in [3.8, 4) is 22.3 Å². The molecule has 58 heavy (non-hydrogen) atoms. The first-order valence-corrected chi connectivity index (χ1v) is 19.8. The predicted octanol–water partition coefficient (Wildman–Crippen LogP) is 15.0. The second kappa shape index (κ2) is 12.7. The van der Waals surface area contributed by atoms with Crippen LogP contribution < -0.4 is 4.90 Å². The lowest BCUT2D eigenvalue weighted by molar-refractivity contribution is 0.665. The van der Waals surface area contributed by atoms with E-state index in [-0.39, 0.29) is 0 Å². The fourth-order valence-electron chi connectivity index (χ4n) is 9.65. The first kappa shape index (κ1) is 32.6. The molecule has 12 rings (SSSR count). The second-order valence-corrected chi connectivity index (χ2v) is 15.2. The van der Waals surface area contributed by atoms with Crippen molar-refractivity contribution in [1.82, 2.24) is 0 Å². The average Bonchev–Trinajstić information content (AvgIpc) is 3.95. The van der Waals surface area contributed by atoms with Crippen molar-refractivity contribution in [1.29, 1.82) is 0 Å². The van der Waals surface area contributed by atoms with Gasteiger partial charge in [-0.25, -0.2) is 0 Å². The summed E-state index contributed by atoms with van der Waals surface area (Å²) in [5, 5.41) is 4.33. The molecule has 9 aromatic carbocycles. The zero-order chi connectivity index (χ0) is 38.2. The van der Waals surface area contributed by atoms with Crippen LogP contribution in [0.1, 0.15) is 22.3 Å². The van der Waals surface area contributed by atoms with Gasteiger partial charge in [-0.3, -0.25) is 0 Å². The molecule has 0 aliphatic heterocycles. The van der Waals surface area contributed by atoms with E-state index in [1.165, 1.54) is 44.5 Å². The van der Waals surface area contributed by atoms with Crippen LogP contribution in [0.15, 0.2) is 221 Å². The minimum absolute atomic E-state index is 0.515. The number of anilines is 3. The summed E-state index contributed by atoms with van der Waals surface area (Å²) in [5.41, 5.74) is 15.8. The summed E-state index contributed by atoms with van der Waals surface area (Å²) in [6.07, 6.45) is 0. The van der Waals surface area contributed by atoms with Gasteiger partial charge in [0.1, 0.15) is 22.3 Å². The van der Waals surface area contributed by atoms with Gasteiger partial charge in [0.05, 0.1) is 16.5 Å². The van der Waals surface area contributed by atoms with Gasteiger partial charge in [-0.15, -0.1) is 0 Å². The van der Waals surface area contributed by atoms with Crippen molar-refractivity contribution in [3.63, 3.8) is 0 Å². The van der Waals surface area contributed by atoms with E-state index in [1.807, 2.05) is 12.1 Å². The molecule has 0 radical (unpaired) electrons. The van der Waals surface area contributed by atoms with Gasteiger partial charge in [0, 0.05) is 33.6 Å². The number of para-hydroxylation sites is 1. The van der Waals surface area contributed by atoms with Crippen molar-refractivity contribution < 1.29 is 8.83 Å². The minimum Gasteiger partial charge on any atom is -0.456 e. The maximum absolute atomic E-state index is 6.91. The van der Waals surface area contributed by atoms with Gasteiger partial charge >= 0.3 is 0 Å². The zero-order valence-electron chi connectivity index (χ0n) is 31.5. The van der Waals surface area contributed by atoms with E-state index in [4.69, 9.17) is 8.83 Å². The van der Waals surface area contributed by atoms with Crippen LogP contribution in [0.4, 0.5) is 17.1 Å². The first-order valence-electron chi connectivity index (χ1n) is 19.8. The smallest absolute Gasteiger partial charge is 0.137 e. The Morgan fingerprint density at radius 1 is 0.345 bits per heavy atom. The quantitative estimate of drug-likeness (QED) is 0.170. The molecular weight excluding hydrogens is 707 g/mol. The van der Waals surface area contributed by atoms with Crippen LogP contribution in [0, 0.1) is 0 Å². The van der Waals surface area contributed by atoms with Gasteiger partial charge in [0.25, 0.3) is 0 Å². The van der Waals surface area contributed by atoms with Crippen molar-refractivity contribution in [2.75, 3.05) is 4.90 Å². The Labute approximate surface area is 335 Å². The van der Waals surface area contributed by atoms with Crippen LogP contribution in [0.2, 0.25) is 0 Å². The number of hydrogen-bond acceptors (Lipinski definition) is 3. The summed E-state index contributed by atoms with van der Waals surface area (Å²) < 4.78 is 13.4. The van der Waals surface area contributed by atoms with Crippen LogP contribution in [0.25, 0.3) is 66.1 Å². The van der Waals surface area contributed by atoms with Gasteiger partial charge in [0.2, 0.25) is 0 Å². The first-order chi connectivity index (χ1) is 28.8. The molecule has 272 valence electrons. The molecule has 0 N–H and O–H groups in total. The third kappa shape index (κ3) is 4.74. The van der Waals surface area contributed by atoms with E-state index in [0.29, 0.717) is 0 Å². The van der Waals surface area contributed by atoms with E-state index >= 15 is 0 Å². The summed E-state index contributed by atoms with van der Waals surface area (Å²) in [6.45, 7) is 0. The van der Waals surface area contributed by atoms with Gasteiger partial charge in [-0.2, -0.15) is 0 Å². The normalized spacial score (nSPS) is 13.0. The van der Waals surface area contributed by atoms with E-state index in [9.17, 15) is 0 Å². The molecule has 0 fully saturated rings. The fraction of sp³-hybridized carbons (Fsp3) is 0.0182. The Balaban J connectivity index is 1.08. The summed E-state index contributed by atoms with van der Waals surface area (Å²) in [7, 11) is 0. The fourth-order valence-corrected chi connectivity index (χ4v) is 9.65. The number of nitrogens with zero attached hydrogens (tertiary/aromatic N) is 1. The van der Waals surface area contributed by atoms with Crippen LogP contribution in [-0.2, 0) is 5.41 Å². The predicted molar refractivity (Wildman–Crippen MR) is 238 cm³/mol. The molecule has 0 saturated heterocycles. The highest BCUT2D eigenvalue weighted by Crippen LogP contribution is 2.56. The highest BCUT2D eigenvalue weighted by Gasteiger charge is 2.46. The lowest BCUT2D eigenvalue weighted by atomic mass is 9.67. The molecule has 0 atom stereocenters. The maximum atomic E-state index is 6.91. The van der Waals surface area contributed by atoms with Gasteiger partial charge in [-0.1, -0.05) is 158 Å². The Morgan fingerprint density at radius 3 is 1.69 bits per heavy atom. The molecule has 1 aliphatic rings. The number of rotatable bonds is 6. The molecule has 2 heterocycles. The number of fused-ring (bicyclic) bond motifs is 9. The standard InChI is InChI=1S/C55H35NO2/c1-3-14-36(15-4-1)37-26-29-40(30-27-37)56(41-31-33-45-44-20-9-12-24-50(44)57-53(45)35-41)49-23-13-25-51-54(49)46-32-28-39(34-52(46)58-51)55(38-16-5-2-6-17-38)47-21-10-7-18-42(47)43-19-8-11-22-48(43)55/h1-35H. The molecule has 11 aromatic rings. The number of furan rings is 2. The SMILES string of the molecule is c1ccc(-c2ccc(N(c3ccc4c(c3)oc3ccccc34)c3cccc4oc5cc(C6(c7ccccc7)c7ccccc7-c7ccccc76)ccc5c34)cc2)cc1. The molecule has 3 nitrogen and oxygen atoms in total. The third-order valence-corrected chi connectivity index (χ3v) is 12.2. The molecule has 0 saturated carbocycles. The highest BCUT2D eigenvalue weighted by atomic mass is 16.3. The molecule has 1 aliphatic carbocycles. The topological polar surface area (TPSA) is 29.5 Å². The highest BCUT2D eigenvalue weighted by molar-refractivity contribution is 6.14. The molecule has 0 unspecified atom stereocenters. The number of benzene rings is 9. The van der Waals surface area contributed by atoms with Crippen molar-refractivity contribution in [2.45, 2.75) is 5.41 Å². The molecular formula is C55H35NO2. The van der Waals surface area contributed by atoms with Crippen molar-refractivity contribution in [3.05, 3.63) is 235 Å². The number of hydrogen-bond donors (Lipinski definition) is 0. The molecule has 2 aromatic heterocycles. The van der Waals surface area contributed by atoms with Gasteiger partial charge < -0.3 is 13.7 Å².